The number of carboxylic acids is 2. The van der Waals surface area contributed by atoms with Crippen molar-refractivity contribution in [1.82, 2.24) is 16.0 Å². The lowest BCUT2D eigenvalue weighted by Gasteiger charge is -2.53. The minimum atomic E-state index is -3.48. The second-order valence-electron chi connectivity index (χ2n) is 34.2. The van der Waals surface area contributed by atoms with E-state index in [0.29, 0.717) is 12.8 Å². The van der Waals surface area contributed by atoms with Crippen LogP contribution in [0.2, 0.25) is 0 Å². The Morgan fingerprint density at radius 2 is 0.776 bits per heavy atom. The van der Waals surface area contributed by atoms with Gasteiger partial charge < -0.3 is 185 Å². The van der Waals surface area contributed by atoms with Gasteiger partial charge in [0.05, 0.1) is 88.8 Å². The summed E-state index contributed by atoms with van der Waals surface area (Å²) in [5.41, 5.74) is 0. The lowest BCUT2D eigenvalue weighted by atomic mass is 9.86. The lowest BCUT2D eigenvalue weighted by molar-refractivity contribution is -0.408. The number of hydrogen-bond donors (Lipinski definition) is 24. The first-order valence-electron chi connectivity index (χ1n) is 44.8. The maximum Gasteiger partial charge on any atom is 0.364 e. The predicted molar refractivity (Wildman–Crippen MR) is 432 cm³/mol. The number of carboxylic acid groups (broad SMARTS) is 2. The third-order valence-electron chi connectivity index (χ3n) is 24.2. The molecule has 125 heavy (non-hydrogen) atoms. The molecule has 0 radical (unpaired) electrons. The lowest BCUT2D eigenvalue weighted by Crippen LogP contribution is -2.71. The number of aliphatic carboxylic acids is 2. The molecule has 34 unspecified atom stereocenters. The first-order valence-corrected chi connectivity index (χ1v) is 44.8. The number of carbonyl (C=O) groups excluding carboxylic acids is 4. The molecule has 42 heteroatoms. The van der Waals surface area contributed by atoms with Gasteiger partial charge in [-0.2, -0.15) is 0 Å². The van der Waals surface area contributed by atoms with Crippen LogP contribution in [0.1, 0.15) is 234 Å². The van der Waals surface area contributed by atoms with Crippen molar-refractivity contribution in [2.24, 2.45) is 5.92 Å². The topological polar surface area (TPSA) is 674 Å². The van der Waals surface area contributed by atoms with E-state index in [1.54, 1.807) is 0 Å². The van der Waals surface area contributed by atoms with E-state index >= 15 is 0 Å². The molecule has 34 atom stereocenters. The third kappa shape index (κ3) is 31.7. The Morgan fingerprint density at radius 1 is 0.408 bits per heavy atom. The van der Waals surface area contributed by atoms with Crippen LogP contribution >= 0.6 is 0 Å². The van der Waals surface area contributed by atoms with Crippen LogP contribution in [-0.4, -0.2) is 390 Å². The van der Waals surface area contributed by atoms with E-state index < -0.39 is 302 Å². The number of ether oxygens (including phenoxy) is 12. The van der Waals surface area contributed by atoms with E-state index in [9.17, 15) is 136 Å². The summed E-state index contributed by atoms with van der Waals surface area (Å²) in [5, 5.41) is 245. The monoisotopic (exact) mass is 1810 g/mol. The van der Waals surface area contributed by atoms with Crippen LogP contribution in [0, 0.1) is 5.92 Å². The zero-order valence-electron chi connectivity index (χ0n) is 72.6. The van der Waals surface area contributed by atoms with Gasteiger partial charge in [-0.05, 0) is 19.8 Å². The molecule has 0 bridgehead atoms. The van der Waals surface area contributed by atoms with Crippen molar-refractivity contribution in [2.75, 3.05) is 46.2 Å². The van der Waals surface area contributed by atoms with E-state index in [4.69, 9.17) is 56.8 Å². The highest BCUT2D eigenvalue weighted by Crippen LogP contribution is 2.44. The molecule has 728 valence electrons. The van der Waals surface area contributed by atoms with Gasteiger partial charge in [-0.15, -0.1) is 0 Å². The highest BCUT2D eigenvalue weighted by Gasteiger charge is 2.64. The standard InChI is InChI=1S/C83H147N3O39/c1-6-8-10-12-14-16-18-20-22-24-26-28-30-32-49(96)48(86-58(101)33-31-29-27-25-23-21-19-17-15-13-11-9-7-2)43-114-77-66(107)65(106)70(56(41-91)117-77)120-79-68(109)75(125-83(81(112)113)36-51(98)60(85-46(5)95)73(123-83)62(103)53(100)38-88)71(57(42-92)118-79)121-76-47(34-44(3)93)69(63(104)54(39-89)115-76)119-78-67(108)74(64(105)55(40-90)116-78)124-82(80(110)111)35-50(97)59(84-45(4)94)72(122-82)61(102)52(99)37-87/h47-57,59-79,87-92,96-100,102-109H,6-43H2,1-5H3,(H,84,94)(H,85,95)(H,86,101)(H,110,111)(H,112,113). The van der Waals surface area contributed by atoms with Crippen LogP contribution in [0.15, 0.2) is 0 Å². The number of aliphatic hydroxyl groups excluding tert-OH is 19. The van der Waals surface area contributed by atoms with E-state index in [1.165, 1.54) is 89.9 Å². The number of nitrogens with one attached hydrogen (secondary N) is 3. The fourth-order valence-corrected chi connectivity index (χ4v) is 17.1. The van der Waals surface area contributed by atoms with Crippen LogP contribution in [0.5, 0.6) is 0 Å². The van der Waals surface area contributed by atoms with Crippen LogP contribution < -0.4 is 16.0 Å². The van der Waals surface area contributed by atoms with Gasteiger partial charge in [0.1, 0.15) is 128 Å². The largest absolute Gasteiger partial charge is 0.477 e. The number of Topliss-reactive ketones (excluding diaryl/α,β-unsaturated/α-hetero) is 1. The molecule has 6 aliphatic heterocycles. The molecule has 0 aliphatic carbocycles. The summed E-state index contributed by atoms with van der Waals surface area (Å²) in [5.74, 6) is -16.0. The van der Waals surface area contributed by atoms with Gasteiger partial charge in [0.2, 0.25) is 17.7 Å². The quantitative estimate of drug-likeness (QED) is 0.0265. The highest BCUT2D eigenvalue weighted by atomic mass is 16.8. The molecule has 3 amide bonds. The fourth-order valence-electron chi connectivity index (χ4n) is 17.1. The van der Waals surface area contributed by atoms with Crippen molar-refractivity contribution in [2.45, 2.75) is 435 Å². The van der Waals surface area contributed by atoms with Gasteiger partial charge in [-0.3, -0.25) is 14.4 Å². The first-order chi connectivity index (χ1) is 59.6. The number of ketones is 1. The van der Waals surface area contributed by atoms with E-state index in [2.05, 4.69) is 29.8 Å². The average molecular weight is 1810 g/mol. The minimum Gasteiger partial charge on any atom is -0.477 e. The number of aliphatic hydroxyl groups is 19. The Balaban J connectivity index is 1.31. The molecule has 6 aliphatic rings. The number of carbonyl (C=O) groups is 6. The summed E-state index contributed by atoms with van der Waals surface area (Å²) in [4.78, 5) is 79.7. The number of hydrogen-bond acceptors (Lipinski definition) is 37. The molecule has 0 spiro atoms. The maximum atomic E-state index is 14.0. The van der Waals surface area contributed by atoms with Gasteiger partial charge in [0.25, 0.3) is 11.6 Å². The summed E-state index contributed by atoms with van der Waals surface area (Å²) < 4.78 is 72.7. The maximum absolute atomic E-state index is 14.0. The zero-order valence-corrected chi connectivity index (χ0v) is 72.6. The molecular weight excluding hydrogens is 1660 g/mol. The number of unbranched alkanes of at least 4 members (excludes halogenated alkanes) is 24. The SMILES string of the molecule is CCCCCCCCCCCCCCCC(=O)NC(COC1OC(CO)C(OC2OC(CO)C(OC3OC(CO)C(O)C(OC4OC(CO)C(O)C(OC5(C(=O)O)CC(O)C(NC(C)=O)C(C(O)C(O)CO)O5)C4O)C3CC(C)=O)C(OC3(C(=O)O)CC(O)C(NC(C)=O)C(C(O)C(O)CO)O3)C2O)C(O)C1O)C(O)CCCCCCCCCCCCCCC. The Morgan fingerprint density at radius 3 is 1.19 bits per heavy atom. The molecule has 6 saturated heterocycles. The molecule has 42 nitrogen and oxygen atoms in total. The smallest absolute Gasteiger partial charge is 0.364 e. The van der Waals surface area contributed by atoms with Gasteiger partial charge in [-0.25, -0.2) is 9.59 Å². The van der Waals surface area contributed by atoms with E-state index in [1.807, 2.05) is 0 Å². The molecular formula is C83H147N3O39. The van der Waals surface area contributed by atoms with Gasteiger partial charge >= 0.3 is 11.9 Å². The number of rotatable bonds is 59. The first kappa shape index (κ1) is 110. The highest BCUT2D eigenvalue weighted by molar-refractivity contribution is 5.78. The molecule has 6 fully saturated rings. The summed E-state index contributed by atoms with van der Waals surface area (Å²) >= 11 is 0. The van der Waals surface area contributed by atoms with E-state index in [-0.39, 0.29) is 18.7 Å². The summed E-state index contributed by atoms with van der Waals surface area (Å²) in [7, 11) is 0. The molecule has 24 N–H and O–H groups in total. The van der Waals surface area contributed by atoms with Crippen LogP contribution in [0.4, 0.5) is 0 Å². The zero-order chi connectivity index (χ0) is 92.4. The number of amides is 3. The van der Waals surface area contributed by atoms with Crippen molar-refractivity contribution in [3.8, 4) is 0 Å². The Kier molecular flexibility index (Phi) is 48.5. The van der Waals surface area contributed by atoms with Crippen LogP contribution in [0.25, 0.3) is 0 Å². The van der Waals surface area contributed by atoms with Crippen molar-refractivity contribution < 1.29 is 193 Å². The Hall–Kier alpha value is -4.22. The summed E-state index contributed by atoms with van der Waals surface area (Å²) in [6.07, 6.45) is -36.6. The summed E-state index contributed by atoms with van der Waals surface area (Å²) in [6.45, 7) is -0.562. The van der Waals surface area contributed by atoms with Crippen LogP contribution in [0.3, 0.4) is 0 Å². The molecule has 0 aromatic rings. The predicted octanol–water partition coefficient (Wildman–Crippen LogP) is -3.33. The van der Waals surface area contributed by atoms with Gasteiger partial charge in [0, 0.05) is 45.4 Å². The average Bonchev–Trinajstić information content (AvgIpc) is 0.750. The molecule has 0 saturated carbocycles. The van der Waals surface area contributed by atoms with Gasteiger partial charge in [0.15, 0.2) is 25.2 Å². The molecule has 0 aromatic carbocycles. The van der Waals surface area contributed by atoms with Gasteiger partial charge in [-0.1, -0.05) is 174 Å². The molecule has 6 heterocycles. The second-order valence-corrected chi connectivity index (χ2v) is 34.2. The van der Waals surface area contributed by atoms with Crippen molar-refractivity contribution in [1.29, 1.82) is 0 Å². The van der Waals surface area contributed by atoms with Crippen molar-refractivity contribution >= 4 is 35.4 Å². The van der Waals surface area contributed by atoms with E-state index in [0.717, 1.165) is 85.0 Å². The normalized spacial score (nSPS) is 35.5. The molecule has 0 aromatic heterocycles. The second kappa shape index (κ2) is 55.3. The minimum absolute atomic E-state index is 0.122. The fraction of sp³-hybridized carbons (Fsp3) is 0.928. The van der Waals surface area contributed by atoms with Crippen LogP contribution in [-0.2, 0) is 85.6 Å². The molecule has 6 rings (SSSR count). The Labute approximate surface area is 728 Å². The van der Waals surface area contributed by atoms with Crippen molar-refractivity contribution in [3.63, 3.8) is 0 Å². The summed E-state index contributed by atoms with van der Waals surface area (Å²) in [6, 6.07) is -4.68. The Bertz CT molecular complexity index is 3110. The van der Waals surface area contributed by atoms with Crippen molar-refractivity contribution in [3.05, 3.63) is 0 Å². The third-order valence-corrected chi connectivity index (χ3v) is 24.2.